The lowest BCUT2D eigenvalue weighted by Crippen LogP contribution is -1.82. The fourth-order valence-electron chi connectivity index (χ4n) is 1.80. The molecule has 0 fully saturated rings. The number of benzene rings is 2. The molecule has 0 aromatic heterocycles. The van der Waals surface area contributed by atoms with Gasteiger partial charge in [0.15, 0.2) is 0 Å². The Morgan fingerprint density at radius 1 is 0.778 bits per heavy atom. The third-order valence-corrected chi connectivity index (χ3v) is 2.42. The van der Waals surface area contributed by atoms with E-state index >= 15 is 0 Å². The number of hydrogen-bond donors (Lipinski definition) is 1. The van der Waals surface area contributed by atoms with E-state index in [1.54, 1.807) is 12.1 Å². The molecule has 1 N–H and O–H groups in total. The molecule has 0 bridgehead atoms. The van der Waals surface area contributed by atoms with Crippen molar-refractivity contribution in [1.29, 1.82) is 0 Å². The van der Waals surface area contributed by atoms with Gasteiger partial charge < -0.3 is 5.11 Å². The Morgan fingerprint density at radius 2 is 1.22 bits per heavy atom. The van der Waals surface area contributed by atoms with Gasteiger partial charge in [-0.25, -0.2) is 0 Å². The SMILES string of the molecule is CCC.Cc1cc(C)cc(-c2ccc(O)cc2)c1. The summed E-state index contributed by atoms with van der Waals surface area (Å²) in [5.41, 5.74) is 4.86. The number of phenols is 1. The van der Waals surface area contributed by atoms with E-state index in [1.165, 1.54) is 23.1 Å². The summed E-state index contributed by atoms with van der Waals surface area (Å²) in [4.78, 5) is 0. The summed E-state index contributed by atoms with van der Waals surface area (Å²) in [5.74, 6) is 0.308. The average Bonchev–Trinajstić information content (AvgIpc) is 2.29. The fourth-order valence-corrected chi connectivity index (χ4v) is 1.80. The van der Waals surface area contributed by atoms with Crippen molar-refractivity contribution < 1.29 is 5.11 Å². The summed E-state index contributed by atoms with van der Waals surface area (Å²) in [5, 5.41) is 9.21. The average molecular weight is 242 g/mol. The van der Waals surface area contributed by atoms with Crippen LogP contribution in [0.2, 0.25) is 0 Å². The van der Waals surface area contributed by atoms with E-state index in [-0.39, 0.29) is 0 Å². The van der Waals surface area contributed by atoms with Crippen molar-refractivity contribution in [3.05, 3.63) is 53.6 Å². The van der Waals surface area contributed by atoms with Gasteiger partial charge in [-0.3, -0.25) is 0 Å². The van der Waals surface area contributed by atoms with Crippen LogP contribution in [0.4, 0.5) is 0 Å². The zero-order valence-corrected chi connectivity index (χ0v) is 11.7. The van der Waals surface area contributed by atoms with E-state index in [0.29, 0.717) is 5.75 Å². The number of phenolic OH excluding ortho intramolecular Hbond substituents is 1. The largest absolute Gasteiger partial charge is 0.508 e. The maximum absolute atomic E-state index is 9.21. The second-order valence-corrected chi connectivity index (χ2v) is 4.63. The van der Waals surface area contributed by atoms with E-state index in [2.05, 4.69) is 45.9 Å². The van der Waals surface area contributed by atoms with Gasteiger partial charge in [0.25, 0.3) is 0 Å². The third-order valence-electron chi connectivity index (χ3n) is 2.42. The Labute approximate surface area is 110 Å². The second kappa shape index (κ2) is 6.85. The Hall–Kier alpha value is -1.76. The molecule has 2 aromatic carbocycles. The van der Waals surface area contributed by atoms with Crippen molar-refractivity contribution in [2.24, 2.45) is 0 Å². The number of rotatable bonds is 1. The summed E-state index contributed by atoms with van der Waals surface area (Å²) in [6.07, 6.45) is 1.25. The molecule has 18 heavy (non-hydrogen) atoms. The van der Waals surface area contributed by atoms with E-state index in [9.17, 15) is 5.11 Å². The minimum atomic E-state index is 0.308. The van der Waals surface area contributed by atoms with Crippen molar-refractivity contribution in [1.82, 2.24) is 0 Å². The van der Waals surface area contributed by atoms with Crippen LogP contribution in [0, 0.1) is 13.8 Å². The lowest BCUT2D eigenvalue weighted by atomic mass is 10.0. The van der Waals surface area contributed by atoms with Gasteiger partial charge in [0.05, 0.1) is 0 Å². The first kappa shape index (κ1) is 14.3. The van der Waals surface area contributed by atoms with Gasteiger partial charge in [0, 0.05) is 0 Å². The maximum Gasteiger partial charge on any atom is 0.115 e. The molecule has 0 aliphatic heterocycles. The van der Waals surface area contributed by atoms with Crippen molar-refractivity contribution in [2.45, 2.75) is 34.1 Å². The zero-order valence-electron chi connectivity index (χ0n) is 11.7. The molecular weight excluding hydrogens is 220 g/mol. The highest BCUT2D eigenvalue weighted by Gasteiger charge is 1.99. The Morgan fingerprint density at radius 3 is 1.67 bits per heavy atom. The molecule has 0 radical (unpaired) electrons. The molecule has 2 rings (SSSR count). The Balaban J connectivity index is 0.000000492. The molecule has 1 nitrogen and oxygen atoms in total. The van der Waals surface area contributed by atoms with Crippen molar-refractivity contribution >= 4 is 0 Å². The van der Waals surface area contributed by atoms with Crippen molar-refractivity contribution in [3.8, 4) is 16.9 Å². The highest BCUT2D eigenvalue weighted by molar-refractivity contribution is 5.65. The van der Waals surface area contributed by atoms with Gasteiger partial charge in [-0.2, -0.15) is 0 Å². The van der Waals surface area contributed by atoms with Gasteiger partial charge >= 0.3 is 0 Å². The molecule has 0 atom stereocenters. The molecule has 0 saturated heterocycles. The number of aryl methyl sites for hydroxylation is 2. The molecular formula is C17H22O. The topological polar surface area (TPSA) is 20.2 Å². The first-order valence-corrected chi connectivity index (χ1v) is 6.44. The quantitative estimate of drug-likeness (QED) is 0.738. The monoisotopic (exact) mass is 242 g/mol. The summed E-state index contributed by atoms with van der Waals surface area (Å²) in [6, 6.07) is 13.8. The summed E-state index contributed by atoms with van der Waals surface area (Å²) >= 11 is 0. The van der Waals surface area contributed by atoms with Gasteiger partial charge in [-0.15, -0.1) is 0 Å². The van der Waals surface area contributed by atoms with Crippen LogP contribution >= 0.6 is 0 Å². The molecule has 0 unspecified atom stereocenters. The summed E-state index contributed by atoms with van der Waals surface area (Å²) < 4.78 is 0. The molecule has 0 aliphatic rings. The highest BCUT2D eigenvalue weighted by atomic mass is 16.3. The van der Waals surface area contributed by atoms with E-state index in [0.717, 1.165) is 5.56 Å². The normalized spacial score (nSPS) is 9.56. The van der Waals surface area contributed by atoms with Crippen LogP contribution in [-0.4, -0.2) is 5.11 Å². The third kappa shape index (κ3) is 4.25. The summed E-state index contributed by atoms with van der Waals surface area (Å²) in [6.45, 7) is 8.44. The first-order valence-electron chi connectivity index (χ1n) is 6.44. The van der Waals surface area contributed by atoms with Crippen LogP contribution in [0.1, 0.15) is 31.4 Å². The van der Waals surface area contributed by atoms with Crippen LogP contribution in [-0.2, 0) is 0 Å². The highest BCUT2D eigenvalue weighted by Crippen LogP contribution is 2.23. The predicted octanol–water partition coefficient (Wildman–Crippen LogP) is 5.09. The van der Waals surface area contributed by atoms with Crippen LogP contribution in [0.5, 0.6) is 5.75 Å². The lowest BCUT2D eigenvalue weighted by molar-refractivity contribution is 0.475. The van der Waals surface area contributed by atoms with Crippen LogP contribution in [0.25, 0.3) is 11.1 Å². The van der Waals surface area contributed by atoms with Gasteiger partial charge in [0.2, 0.25) is 0 Å². The number of hydrogen-bond acceptors (Lipinski definition) is 1. The Kier molecular flexibility index (Phi) is 5.44. The molecule has 0 amide bonds. The minimum Gasteiger partial charge on any atom is -0.508 e. The second-order valence-electron chi connectivity index (χ2n) is 4.63. The van der Waals surface area contributed by atoms with Gasteiger partial charge in [-0.1, -0.05) is 61.7 Å². The molecule has 2 aromatic rings. The zero-order chi connectivity index (χ0) is 13.5. The molecule has 1 heteroatoms. The molecule has 0 aliphatic carbocycles. The maximum atomic E-state index is 9.21. The first-order chi connectivity index (χ1) is 8.56. The van der Waals surface area contributed by atoms with E-state index in [1.807, 2.05) is 12.1 Å². The number of aromatic hydroxyl groups is 1. The predicted molar refractivity (Wildman–Crippen MR) is 79.0 cm³/mol. The van der Waals surface area contributed by atoms with Crippen LogP contribution in [0.15, 0.2) is 42.5 Å². The molecule has 0 spiro atoms. The van der Waals surface area contributed by atoms with Crippen LogP contribution in [0.3, 0.4) is 0 Å². The van der Waals surface area contributed by atoms with E-state index < -0.39 is 0 Å². The molecule has 0 saturated carbocycles. The standard InChI is InChI=1S/C14H14O.C3H8/c1-10-7-11(2)9-13(8-10)12-3-5-14(15)6-4-12;1-3-2/h3-9,15H,1-2H3;3H2,1-2H3. The smallest absolute Gasteiger partial charge is 0.115 e. The fraction of sp³-hybridized carbons (Fsp3) is 0.294. The summed E-state index contributed by atoms with van der Waals surface area (Å²) in [7, 11) is 0. The van der Waals surface area contributed by atoms with Gasteiger partial charge in [0.1, 0.15) is 5.75 Å². The van der Waals surface area contributed by atoms with Crippen molar-refractivity contribution in [3.63, 3.8) is 0 Å². The minimum absolute atomic E-state index is 0.308. The molecule has 96 valence electrons. The van der Waals surface area contributed by atoms with Crippen molar-refractivity contribution in [2.75, 3.05) is 0 Å². The van der Waals surface area contributed by atoms with Crippen LogP contribution < -0.4 is 0 Å². The van der Waals surface area contributed by atoms with Gasteiger partial charge in [-0.05, 0) is 37.1 Å². The lowest BCUT2D eigenvalue weighted by Gasteiger charge is -2.05. The molecule has 0 heterocycles. The van der Waals surface area contributed by atoms with E-state index in [4.69, 9.17) is 0 Å². The Bertz CT molecular complexity index is 463.